The smallest absolute Gasteiger partial charge is 0.294 e. The lowest BCUT2D eigenvalue weighted by molar-refractivity contribution is -0.124. The van der Waals surface area contributed by atoms with Gasteiger partial charge in [0.1, 0.15) is 5.82 Å². The highest BCUT2D eigenvalue weighted by Crippen LogP contribution is 2.29. The minimum Gasteiger partial charge on any atom is -0.345 e. The Hall–Kier alpha value is -3.52. The van der Waals surface area contributed by atoms with E-state index in [0.29, 0.717) is 42.1 Å². The molecular formula is C32H41FN4O3. The normalized spacial score (nSPS) is 14.2. The summed E-state index contributed by atoms with van der Waals surface area (Å²) in [6.45, 7) is 10.8. The van der Waals surface area contributed by atoms with Crippen LogP contribution in [0.25, 0.3) is 10.9 Å². The van der Waals surface area contributed by atoms with Crippen molar-refractivity contribution in [1.29, 1.82) is 0 Å². The van der Waals surface area contributed by atoms with Gasteiger partial charge in [0.05, 0.1) is 5.56 Å². The van der Waals surface area contributed by atoms with Crippen molar-refractivity contribution in [2.75, 3.05) is 46.8 Å². The Balaban J connectivity index is 1.58. The zero-order chi connectivity index (χ0) is 29.0. The SMILES string of the molecule is CCN(CC)CCn1cc(C(=O)C(=O)N(C)C)c2cc(C(=O)N3CCC(Cc4ccc(F)cc4)CC3)c(C)cc21. The lowest BCUT2D eigenvalue weighted by Gasteiger charge is -2.32. The van der Waals surface area contributed by atoms with Gasteiger partial charge in [-0.25, -0.2) is 4.39 Å². The first kappa shape index (κ1) is 29.5. The maximum Gasteiger partial charge on any atom is 0.294 e. The first-order valence-corrected chi connectivity index (χ1v) is 14.3. The molecule has 0 atom stereocenters. The second kappa shape index (κ2) is 12.8. The average molecular weight is 549 g/mol. The molecule has 0 radical (unpaired) electrons. The highest BCUT2D eigenvalue weighted by atomic mass is 19.1. The number of hydrogen-bond acceptors (Lipinski definition) is 4. The van der Waals surface area contributed by atoms with Crippen molar-refractivity contribution >= 4 is 28.5 Å². The van der Waals surface area contributed by atoms with Crippen LogP contribution in [0.15, 0.2) is 42.6 Å². The molecule has 0 N–H and O–H groups in total. The van der Waals surface area contributed by atoms with E-state index in [1.165, 1.54) is 17.0 Å². The van der Waals surface area contributed by atoms with E-state index in [2.05, 4.69) is 18.7 Å². The molecule has 40 heavy (non-hydrogen) atoms. The van der Waals surface area contributed by atoms with Gasteiger partial charge in [-0.05, 0) is 80.6 Å². The van der Waals surface area contributed by atoms with Crippen molar-refractivity contribution in [1.82, 2.24) is 19.3 Å². The van der Waals surface area contributed by atoms with E-state index in [4.69, 9.17) is 0 Å². The fourth-order valence-corrected chi connectivity index (χ4v) is 5.61. The highest BCUT2D eigenvalue weighted by molar-refractivity contribution is 6.44. The van der Waals surface area contributed by atoms with Gasteiger partial charge in [0.25, 0.3) is 17.6 Å². The number of Topliss-reactive ketones (excluding diaryl/α,β-unsaturated/α-hetero) is 1. The number of likely N-dealkylation sites (tertiary alicyclic amines) is 1. The molecule has 7 nitrogen and oxygen atoms in total. The molecule has 8 heteroatoms. The van der Waals surface area contributed by atoms with Gasteiger partial charge in [-0.1, -0.05) is 26.0 Å². The second-order valence-electron chi connectivity index (χ2n) is 11.0. The van der Waals surface area contributed by atoms with Crippen LogP contribution in [0, 0.1) is 18.7 Å². The lowest BCUT2D eigenvalue weighted by atomic mass is 9.89. The number of nitrogens with zero attached hydrogens (tertiary/aromatic N) is 4. The number of carbonyl (C=O) groups is 3. The Morgan fingerprint density at radius 3 is 2.23 bits per heavy atom. The number of carbonyl (C=O) groups excluding carboxylic acids is 3. The molecule has 0 unspecified atom stereocenters. The van der Waals surface area contributed by atoms with Crippen molar-refractivity contribution in [3.63, 3.8) is 0 Å². The van der Waals surface area contributed by atoms with Gasteiger partial charge in [0.2, 0.25) is 0 Å². The van der Waals surface area contributed by atoms with Crippen molar-refractivity contribution < 1.29 is 18.8 Å². The van der Waals surface area contributed by atoms with Crippen LogP contribution in [0.1, 0.15) is 58.5 Å². The first-order valence-electron chi connectivity index (χ1n) is 14.3. The molecule has 0 spiro atoms. The Morgan fingerprint density at radius 1 is 0.975 bits per heavy atom. The quantitative estimate of drug-likeness (QED) is 0.270. The number of piperidine rings is 1. The fourth-order valence-electron chi connectivity index (χ4n) is 5.61. The van der Waals surface area contributed by atoms with Gasteiger partial charge < -0.3 is 19.3 Å². The van der Waals surface area contributed by atoms with Crippen LogP contribution < -0.4 is 0 Å². The maximum atomic E-state index is 13.7. The maximum absolute atomic E-state index is 13.7. The molecule has 3 aromatic rings. The molecule has 214 valence electrons. The van der Waals surface area contributed by atoms with Crippen LogP contribution in [0.5, 0.6) is 0 Å². The number of benzene rings is 2. The van der Waals surface area contributed by atoms with E-state index in [-0.39, 0.29) is 11.7 Å². The lowest BCUT2D eigenvalue weighted by Crippen LogP contribution is -2.39. The molecule has 0 bridgehead atoms. The molecule has 1 aliphatic heterocycles. The van der Waals surface area contributed by atoms with Crippen LogP contribution >= 0.6 is 0 Å². The number of aryl methyl sites for hydroxylation is 1. The van der Waals surface area contributed by atoms with E-state index in [0.717, 1.165) is 55.5 Å². The van der Waals surface area contributed by atoms with Gasteiger partial charge in [-0.15, -0.1) is 0 Å². The summed E-state index contributed by atoms with van der Waals surface area (Å²) in [7, 11) is 3.14. The van der Waals surface area contributed by atoms with Crippen LogP contribution in [0.4, 0.5) is 4.39 Å². The van der Waals surface area contributed by atoms with Gasteiger partial charge in [0, 0.05) is 62.9 Å². The van der Waals surface area contributed by atoms with Crippen molar-refractivity contribution in [3.05, 3.63) is 70.7 Å². The number of likely N-dealkylation sites (N-methyl/N-ethyl adjacent to an activating group) is 2. The average Bonchev–Trinajstić information content (AvgIpc) is 3.30. The topological polar surface area (TPSA) is 65.9 Å². The molecule has 2 aromatic carbocycles. The van der Waals surface area contributed by atoms with E-state index < -0.39 is 11.7 Å². The molecule has 1 aromatic heterocycles. The number of aromatic nitrogens is 1. The summed E-state index contributed by atoms with van der Waals surface area (Å²) in [5, 5.41) is 0.639. The minimum atomic E-state index is -0.584. The van der Waals surface area contributed by atoms with Crippen molar-refractivity contribution in [2.45, 2.75) is 46.6 Å². The van der Waals surface area contributed by atoms with Crippen molar-refractivity contribution in [3.8, 4) is 0 Å². The van der Waals surface area contributed by atoms with Crippen molar-refractivity contribution in [2.24, 2.45) is 5.92 Å². The highest BCUT2D eigenvalue weighted by Gasteiger charge is 2.28. The molecule has 4 rings (SSSR count). The number of rotatable bonds is 10. The number of fused-ring (bicyclic) bond motifs is 1. The minimum absolute atomic E-state index is 0.0483. The summed E-state index contributed by atoms with van der Waals surface area (Å²) in [5.41, 5.74) is 3.72. The molecular weight excluding hydrogens is 507 g/mol. The predicted molar refractivity (Wildman–Crippen MR) is 156 cm³/mol. The van der Waals surface area contributed by atoms with Crippen LogP contribution in [-0.2, 0) is 17.8 Å². The zero-order valence-corrected chi connectivity index (χ0v) is 24.4. The fraction of sp³-hybridized carbons (Fsp3) is 0.469. The van der Waals surface area contributed by atoms with Gasteiger partial charge in [-0.3, -0.25) is 14.4 Å². The molecule has 1 fully saturated rings. The van der Waals surface area contributed by atoms with Gasteiger partial charge in [-0.2, -0.15) is 0 Å². The van der Waals surface area contributed by atoms with E-state index >= 15 is 0 Å². The summed E-state index contributed by atoms with van der Waals surface area (Å²) in [6.07, 6.45) is 4.41. The summed E-state index contributed by atoms with van der Waals surface area (Å²) >= 11 is 0. The molecule has 2 heterocycles. The molecule has 2 amide bonds. The molecule has 0 saturated carbocycles. The predicted octanol–water partition coefficient (Wildman–Crippen LogP) is 4.80. The number of hydrogen-bond donors (Lipinski definition) is 0. The largest absolute Gasteiger partial charge is 0.345 e. The van der Waals surface area contributed by atoms with Gasteiger partial charge in [0.15, 0.2) is 0 Å². The van der Waals surface area contributed by atoms with Crippen LogP contribution in [0.3, 0.4) is 0 Å². The zero-order valence-electron chi connectivity index (χ0n) is 24.4. The Kier molecular flexibility index (Phi) is 9.40. The Morgan fingerprint density at radius 2 is 1.62 bits per heavy atom. The Labute approximate surface area is 236 Å². The summed E-state index contributed by atoms with van der Waals surface area (Å²) < 4.78 is 15.3. The molecule has 0 aliphatic carbocycles. The van der Waals surface area contributed by atoms with E-state index in [1.807, 2.05) is 40.7 Å². The molecule has 1 saturated heterocycles. The van der Waals surface area contributed by atoms with E-state index in [9.17, 15) is 18.8 Å². The number of halogens is 1. The number of ketones is 1. The van der Waals surface area contributed by atoms with Gasteiger partial charge >= 0.3 is 0 Å². The standard InChI is InChI=1S/C32H41FN4O3/c1-6-35(7-2)16-17-37-21-28(30(38)32(40)34(4)5)27-20-26(22(3)18-29(27)37)31(39)36-14-12-24(13-15-36)19-23-8-10-25(33)11-9-23/h8-11,18,20-21,24H,6-7,12-17,19H2,1-5H3. The molecule has 1 aliphatic rings. The summed E-state index contributed by atoms with van der Waals surface area (Å²) in [5.74, 6) is -0.987. The summed E-state index contributed by atoms with van der Waals surface area (Å²) in [4.78, 5) is 45.0. The summed E-state index contributed by atoms with van der Waals surface area (Å²) in [6, 6.07) is 10.4. The number of amides is 2. The third-order valence-corrected chi connectivity index (χ3v) is 8.19. The third kappa shape index (κ3) is 6.44. The first-order chi connectivity index (χ1) is 19.1. The Bertz CT molecular complexity index is 1370. The monoisotopic (exact) mass is 548 g/mol. The van der Waals surface area contributed by atoms with Crippen LogP contribution in [-0.4, -0.2) is 83.7 Å². The van der Waals surface area contributed by atoms with E-state index in [1.54, 1.807) is 20.3 Å². The third-order valence-electron chi connectivity index (χ3n) is 8.19. The van der Waals surface area contributed by atoms with Crippen LogP contribution in [0.2, 0.25) is 0 Å². The second-order valence-corrected chi connectivity index (χ2v) is 11.0.